The van der Waals surface area contributed by atoms with E-state index in [4.69, 9.17) is 9.88 Å². The summed E-state index contributed by atoms with van der Waals surface area (Å²) < 4.78 is 107. The molecule has 0 radical (unpaired) electrons. The molecule has 4 aromatic rings. The molecule has 0 saturated carbocycles. The van der Waals surface area contributed by atoms with Crippen LogP contribution in [-0.2, 0) is 22.4 Å². The predicted molar refractivity (Wildman–Crippen MR) is 109 cm³/mol. The first-order valence-corrected chi connectivity index (χ1v) is 11.5. The highest BCUT2D eigenvalue weighted by Gasteiger charge is 2.36. The Morgan fingerprint density at radius 3 is 2.28 bits per heavy atom. The SMILES string of the molecule is NS(=O)(=O)c1nnc(NC(=O)Oc2cnn3c(C(F)(F)F)cc(-c4ccc(C(F)(F)F)cc4)nc23)s1. The van der Waals surface area contributed by atoms with Crippen LogP contribution < -0.4 is 15.2 Å². The highest BCUT2D eigenvalue weighted by atomic mass is 32.2. The number of aromatic nitrogens is 5. The fourth-order valence-electron chi connectivity index (χ4n) is 2.78. The van der Waals surface area contributed by atoms with Gasteiger partial charge in [0.25, 0.3) is 10.0 Å². The van der Waals surface area contributed by atoms with E-state index >= 15 is 0 Å². The first-order chi connectivity index (χ1) is 16.6. The number of amides is 1. The van der Waals surface area contributed by atoms with Gasteiger partial charge in [0.15, 0.2) is 17.1 Å². The third kappa shape index (κ3) is 5.21. The molecule has 0 aliphatic heterocycles. The van der Waals surface area contributed by atoms with E-state index in [9.17, 15) is 39.6 Å². The van der Waals surface area contributed by atoms with E-state index in [2.05, 4.69) is 20.3 Å². The molecule has 0 aliphatic rings. The fraction of sp³-hybridized carbons (Fsp3) is 0.118. The second kappa shape index (κ2) is 8.68. The van der Waals surface area contributed by atoms with E-state index in [0.717, 1.165) is 18.3 Å². The molecule has 36 heavy (non-hydrogen) atoms. The van der Waals surface area contributed by atoms with Gasteiger partial charge in [0.05, 0.1) is 17.5 Å². The number of nitrogens with two attached hydrogens (primary N) is 1. The zero-order valence-electron chi connectivity index (χ0n) is 17.0. The standard InChI is InChI=1S/C17H9F6N7O4S2/c18-16(19,20)8-3-1-7(2-4-8)9-5-11(17(21,22)23)30-12(26-9)10(6-25-30)34-14(31)27-13-28-29-15(35-13)36(24,32)33/h1-6H,(H2,24,32,33)(H,27,28,31). The Kier molecular flexibility index (Phi) is 6.09. The van der Waals surface area contributed by atoms with Crippen molar-refractivity contribution < 1.29 is 44.3 Å². The summed E-state index contributed by atoms with van der Waals surface area (Å²) in [4.78, 5) is 16.1. The van der Waals surface area contributed by atoms with Crippen LogP contribution in [0.1, 0.15) is 11.3 Å². The van der Waals surface area contributed by atoms with Crippen molar-refractivity contribution in [2.75, 3.05) is 5.32 Å². The number of ether oxygens (including phenoxy) is 1. The molecule has 190 valence electrons. The summed E-state index contributed by atoms with van der Waals surface area (Å²) in [6, 6.07) is 3.79. The van der Waals surface area contributed by atoms with Gasteiger partial charge in [-0.05, 0) is 18.2 Å². The molecule has 3 aromatic heterocycles. The first-order valence-electron chi connectivity index (χ1n) is 9.11. The van der Waals surface area contributed by atoms with Gasteiger partial charge in [-0.1, -0.05) is 23.5 Å². The van der Waals surface area contributed by atoms with E-state index in [1.165, 1.54) is 0 Å². The number of benzene rings is 1. The number of hydrogen-bond donors (Lipinski definition) is 2. The van der Waals surface area contributed by atoms with E-state index in [1.807, 2.05) is 5.32 Å². The first kappa shape index (κ1) is 25.3. The maximum atomic E-state index is 13.7. The third-order valence-corrected chi connectivity index (χ3v) is 6.45. The van der Waals surface area contributed by atoms with Crippen LogP contribution in [0.4, 0.5) is 36.3 Å². The lowest BCUT2D eigenvalue weighted by atomic mass is 10.1. The van der Waals surface area contributed by atoms with Gasteiger partial charge in [0, 0.05) is 5.56 Å². The molecule has 1 amide bonds. The van der Waals surface area contributed by atoms with Gasteiger partial charge in [-0.25, -0.2) is 27.9 Å². The van der Waals surface area contributed by atoms with Crippen LogP contribution >= 0.6 is 11.3 Å². The monoisotopic (exact) mass is 553 g/mol. The summed E-state index contributed by atoms with van der Waals surface area (Å²) in [5.41, 5.74) is -3.42. The van der Waals surface area contributed by atoms with Crippen molar-refractivity contribution in [3.63, 3.8) is 0 Å². The van der Waals surface area contributed by atoms with E-state index < -0.39 is 55.5 Å². The highest BCUT2D eigenvalue weighted by molar-refractivity contribution is 7.91. The number of nitrogens with one attached hydrogen (secondary N) is 1. The lowest BCUT2D eigenvalue weighted by molar-refractivity contribution is -0.142. The number of fused-ring (bicyclic) bond motifs is 1. The molecule has 0 bridgehead atoms. The van der Waals surface area contributed by atoms with Gasteiger partial charge in [-0.15, -0.1) is 10.2 Å². The molecule has 1 aromatic carbocycles. The molecule has 0 atom stereocenters. The number of anilines is 1. The molecule has 0 unspecified atom stereocenters. The van der Waals surface area contributed by atoms with Crippen molar-refractivity contribution in [3.8, 4) is 17.0 Å². The van der Waals surface area contributed by atoms with Gasteiger partial charge in [-0.2, -0.15) is 31.4 Å². The Morgan fingerprint density at radius 2 is 1.72 bits per heavy atom. The van der Waals surface area contributed by atoms with Crippen molar-refractivity contribution >= 4 is 38.2 Å². The Balaban J connectivity index is 1.69. The van der Waals surface area contributed by atoms with Crippen molar-refractivity contribution in [3.05, 3.63) is 47.8 Å². The molecule has 0 saturated heterocycles. The fourth-order valence-corrected chi connectivity index (χ4v) is 4.10. The molecule has 11 nitrogen and oxygen atoms in total. The summed E-state index contributed by atoms with van der Waals surface area (Å²) in [6.45, 7) is 0. The molecule has 3 N–H and O–H groups in total. The summed E-state index contributed by atoms with van der Waals surface area (Å²) >= 11 is 0.380. The topological polar surface area (TPSA) is 154 Å². The number of primary sulfonamides is 1. The number of hydrogen-bond acceptors (Lipinski definition) is 9. The minimum atomic E-state index is -4.97. The van der Waals surface area contributed by atoms with Crippen molar-refractivity contribution in [1.82, 2.24) is 24.8 Å². The van der Waals surface area contributed by atoms with Crippen LogP contribution in [0.25, 0.3) is 16.9 Å². The van der Waals surface area contributed by atoms with Crippen LogP contribution in [0.3, 0.4) is 0 Å². The van der Waals surface area contributed by atoms with Crippen LogP contribution in [0, 0.1) is 0 Å². The second-order valence-corrected chi connectivity index (χ2v) is 9.49. The van der Waals surface area contributed by atoms with Gasteiger partial charge in [-0.3, -0.25) is 5.32 Å². The molecule has 0 aliphatic carbocycles. The summed E-state index contributed by atoms with van der Waals surface area (Å²) in [5, 5.41) is 16.7. The minimum absolute atomic E-state index is 0.0861. The van der Waals surface area contributed by atoms with Crippen LogP contribution in [-0.4, -0.2) is 39.3 Å². The van der Waals surface area contributed by atoms with Gasteiger partial charge in [0.1, 0.15) is 0 Å². The van der Waals surface area contributed by atoms with Gasteiger partial charge < -0.3 is 4.74 Å². The zero-order valence-corrected chi connectivity index (χ0v) is 18.6. The van der Waals surface area contributed by atoms with Crippen molar-refractivity contribution in [2.45, 2.75) is 16.7 Å². The quantitative estimate of drug-likeness (QED) is 0.287. The maximum absolute atomic E-state index is 13.7. The number of alkyl halides is 6. The highest BCUT2D eigenvalue weighted by Crippen LogP contribution is 2.35. The number of halogens is 6. The molecule has 0 spiro atoms. The Bertz CT molecular complexity index is 1560. The molecule has 0 fully saturated rings. The van der Waals surface area contributed by atoms with Gasteiger partial charge in [0.2, 0.25) is 9.47 Å². The minimum Gasteiger partial charge on any atom is -0.404 e. The van der Waals surface area contributed by atoms with Crippen LogP contribution in [0.2, 0.25) is 0 Å². The lowest BCUT2D eigenvalue weighted by Gasteiger charge is -2.12. The average molecular weight is 553 g/mol. The van der Waals surface area contributed by atoms with Crippen molar-refractivity contribution in [1.29, 1.82) is 0 Å². The normalized spacial score (nSPS) is 12.6. The van der Waals surface area contributed by atoms with Gasteiger partial charge >= 0.3 is 18.4 Å². The smallest absolute Gasteiger partial charge is 0.404 e. The van der Waals surface area contributed by atoms with E-state index in [1.54, 1.807) is 0 Å². The van der Waals surface area contributed by atoms with Crippen molar-refractivity contribution in [2.24, 2.45) is 5.14 Å². The average Bonchev–Trinajstić information content (AvgIpc) is 3.39. The van der Waals surface area contributed by atoms with Crippen LogP contribution in [0.15, 0.2) is 40.9 Å². The predicted octanol–water partition coefficient (Wildman–Crippen LogP) is 3.54. The van der Waals surface area contributed by atoms with Crippen LogP contribution in [0.5, 0.6) is 5.75 Å². The molecule has 19 heteroatoms. The second-order valence-electron chi connectivity index (χ2n) is 6.78. The number of sulfonamides is 1. The lowest BCUT2D eigenvalue weighted by Crippen LogP contribution is -2.17. The number of carbonyl (C=O) groups excluding carboxylic acids is 1. The van der Waals surface area contributed by atoms with E-state index in [0.29, 0.717) is 34.1 Å². The Labute approximate surface area is 199 Å². The summed E-state index contributed by atoms with van der Waals surface area (Å²) in [6.07, 6.45) is -10.2. The largest absolute Gasteiger partial charge is 0.433 e. The molecular formula is C17H9F6N7O4S2. The van der Waals surface area contributed by atoms with E-state index in [-0.39, 0.29) is 16.4 Å². The summed E-state index contributed by atoms with van der Waals surface area (Å²) in [7, 11) is -4.20. The number of rotatable bonds is 4. The number of nitrogens with zero attached hydrogens (tertiary/aromatic N) is 5. The third-order valence-electron chi connectivity index (χ3n) is 4.30. The Hall–Kier alpha value is -3.84. The summed E-state index contributed by atoms with van der Waals surface area (Å²) in [5.74, 6) is -0.553. The number of carbonyl (C=O) groups is 1. The Morgan fingerprint density at radius 1 is 1.06 bits per heavy atom. The molecule has 4 rings (SSSR count). The maximum Gasteiger partial charge on any atom is 0.433 e. The zero-order chi connectivity index (χ0) is 26.5. The molecular weight excluding hydrogens is 544 g/mol. The molecule has 3 heterocycles.